The van der Waals surface area contributed by atoms with Gasteiger partial charge in [0.05, 0.1) is 23.7 Å². The highest BCUT2D eigenvalue weighted by Gasteiger charge is 2.13. The summed E-state index contributed by atoms with van der Waals surface area (Å²) < 4.78 is 29.4. The van der Waals surface area contributed by atoms with Crippen LogP contribution in [0.2, 0.25) is 5.02 Å². The molecule has 0 bridgehead atoms. The summed E-state index contributed by atoms with van der Waals surface area (Å²) in [6.45, 7) is 1.74. The van der Waals surface area contributed by atoms with Gasteiger partial charge in [0.25, 0.3) is 5.91 Å². The van der Waals surface area contributed by atoms with Crippen LogP contribution in [0.1, 0.15) is 16.2 Å². The molecule has 7 nitrogen and oxygen atoms in total. The number of sulfonamides is 1. The van der Waals surface area contributed by atoms with Crippen LogP contribution in [0.25, 0.3) is 0 Å². The summed E-state index contributed by atoms with van der Waals surface area (Å²) in [4.78, 5) is 19.7. The lowest BCUT2D eigenvalue weighted by Crippen LogP contribution is -2.29. The van der Waals surface area contributed by atoms with Gasteiger partial charge in [-0.25, -0.2) is 23.1 Å². The monoisotopic (exact) mass is 341 g/mol. The fourth-order valence-corrected chi connectivity index (χ4v) is 2.19. The molecule has 116 valence electrons. The number of ether oxygens (including phenoxy) is 1. The molecule has 1 heterocycles. The molecule has 1 N–H and O–H groups in total. The van der Waals surface area contributed by atoms with Crippen LogP contribution in [0.4, 0.5) is 0 Å². The summed E-state index contributed by atoms with van der Waals surface area (Å²) in [7, 11) is -3.64. The molecule has 0 spiro atoms. The van der Waals surface area contributed by atoms with Gasteiger partial charge in [0, 0.05) is 5.56 Å². The van der Waals surface area contributed by atoms with Gasteiger partial charge < -0.3 is 4.74 Å². The first-order valence-electron chi connectivity index (χ1n) is 6.03. The van der Waals surface area contributed by atoms with Crippen molar-refractivity contribution in [3.05, 3.63) is 47.0 Å². The third-order valence-corrected chi connectivity index (χ3v) is 3.31. The fourth-order valence-electron chi connectivity index (χ4n) is 1.51. The third-order valence-electron chi connectivity index (χ3n) is 2.46. The standard InChI is InChI=1S/C13H12ClN3O4S/c1-8-15-6-10(7-16-8)21-12-4-3-9(5-11(12)14)13(18)17-22(2,19)20/h3-7H,1-2H3,(H,17,18). The van der Waals surface area contributed by atoms with Crippen molar-refractivity contribution < 1.29 is 17.9 Å². The topological polar surface area (TPSA) is 98.2 Å². The first-order valence-corrected chi connectivity index (χ1v) is 8.30. The maximum absolute atomic E-state index is 11.7. The van der Waals surface area contributed by atoms with Gasteiger partial charge in [0.2, 0.25) is 10.0 Å². The maximum Gasteiger partial charge on any atom is 0.264 e. The summed E-state index contributed by atoms with van der Waals surface area (Å²) in [6.07, 6.45) is 3.87. The first kappa shape index (κ1) is 16.2. The van der Waals surface area contributed by atoms with E-state index in [1.54, 1.807) is 6.92 Å². The minimum Gasteiger partial charge on any atom is -0.453 e. The van der Waals surface area contributed by atoms with E-state index < -0.39 is 15.9 Å². The number of amides is 1. The smallest absolute Gasteiger partial charge is 0.264 e. The summed E-state index contributed by atoms with van der Waals surface area (Å²) in [5.74, 6) is 0.520. The molecular weight excluding hydrogens is 330 g/mol. The van der Waals surface area contributed by atoms with Crippen molar-refractivity contribution in [3.8, 4) is 11.5 Å². The van der Waals surface area contributed by atoms with Crippen molar-refractivity contribution in [2.45, 2.75) is 6.92 Å². The highest BCUT2D eigenvalue weighted by atomic mass is 35.5. The Hall–Kier alpha value is -2.19. The summed E-state index contributed by atoms with van der Waals surface area (Å²) in [5, 5.41) is 0.154. The minimum absolute atomic E-state index is 0.0999. The Labute approximate surface area is 132 Å². The van der Waals surface area contributed by atoms with Gasteiger partial charge in [-0.2, -0.15) is 0 Å². The number of benzene rings is 1. The van der Waals surface area contributed by atoms with Gasteiger partial charge in [-0.3, -0.25) is 4.79 Å². The summed E-state index contributed by atoms with van der Waals surface area (Å²) in [5.41, 5.74) is 0.0999. The minimum atomic E-state index is -3.64. The average molecular weight is 342 g/mol. The number of aryl methyl sites for hydroxylation is 1. The number of aromatic nitrogens is 2. The first-order chi connectivity index (χ1) is 10.2. The predicted molar refractivity (Wildman–Crippen MR) is 80.6 cm³/mol. The number of hydrogen-bond donors (Lipinski definition) is 1. The van der Waals surface area contributed by atoms with Crippen molar-refractivity contribution in [1.29, 1.82) is 0 Å². The molecule has 0 aliphatic rings. The lowest BCUT2D eigenvalue weighted by atomic mass is 10.2. The second-order valence-electron chi connectivity index (χ2n) is 4.42. The molecule has 0 radical (unpaired) electrons. The van der Waals surface area contributed by atoms with Crippen LogP contribution in [-0.4, -0.2) is 30.5 Å². The molecule has 0 saturated heterocycles. The number of rotatable bonds is 4. The second kappa shape index (κ2) is 6.29. The van der Waals surface area contributed by atoms with Gasteiger partial charge in [0.1, 0.15) is 11.6 Å². The molecule has 0 aliphatic carbocycles. The van der Waals surface area contributed by atoms with E-state index in [-0.39, 0.29) is 10.6 Å². The highest BCUT2D eigenvalue weighted by Crippen LogP contribution is 2.29. The SMILES string of the molecule is Cc1ncc(Oc2ccc(C(=O)NS(C)(=O)=O)cc2Cl)cn1. The number of carbonyl (C=O) groups is 1. The molecule has 22 heavy (non-hydrogen) atoms. The Morgan fingerprint density at radius 3 is 2.45 bits per heavy atom. The molecule has 1 amide bonds. The van der Waals surface area contributed by atoms with Crippen molar-refractivity contribution in [2.24, 2.45) is 0 Å². The van der Waals surface area contributed by atoms with Gasteiger partial charge >= 0.3 is 0 Å². The zero-order valence-electron chi connectivity index (χ0n) is 11.7. The number of hydrogen-bond acceptors (Lipinski definition) is 6. The van der Waals surface area contributed by atoms with Crippen molar-refractivity contribution in [2.75, 3.05) is 6.26 Å². The maximum atomic E-state index is 11.7. The van der Waals surface area contributed by atoms with Crippen molar-refractivity contribution >= 4 is 27.5 Å². The van der Waals surface area contributed by atoms with Crippen LogP contribution in [0, 0.1) is 6.92 Å². The quantitative estimate of drug-likeness (QED) is 0.912. The summed E-state index contributed by atoms with van der Waals surface area (Å²) >= 11 is 6.03. The second-order valence-corrected chi connectivity index (χ2v) is 6.57. The molecule has 1 aromatic carbocycles. The van der Waals surface area contributed by atoms with E-state index in [1.165, 1.54) is 30.6 Å². The average Bonchev–Trinajstić information content (AvgIpc) is 2.41. The largest absolute Gasteiger partial charge is 0.453 e. The molecule has 0 saturated carbocycles. The normalized spacial score (nSPS) is 11.0. The van der Waals surface area contributed by atoms with E-state index in [4.69, 9.17) is 16.3 Å². The lowest BCUT2D eigenvalue weighted by Gasteiger charge is -2.09. The van der Waals surface area contributed by atoms with Crippen LogP contribution in [0.3, 0.4) is 0 Å². The molecule has 0 fully saturated rings. The van der Waals surface area contributed by atoms with Crippen molar-refractivity contribution in [3.63, 3.8) is 0 Å². The highest BCUT2D eigenvalue weighted by molar-refractivity contribution is 7.89. The molecule has 0 aliphatic heterocycles. The van der Waals surface area contributed by atoms with Crippen LogP contribution >= 0.6 is 11.6 Å². The predicted octanol–water partition coefficient (Wildman–Crippen LogP) is 1.92. The van der Waals surface area contributed by atoms with Gasteiger partial charge in [-0.15, -0.1) is 0 Å². The van der Waals surface area contributed by atoms with Gasteiger partial charge in [-0.05, 0) is 25.1 Å². The van der Waals surface area contributed by atoms with E-state index >= 15 is 0 Å². The van der Waals surface area contributed by atoms with Crippen LogP contribution in [0.5, 0.6) is 11.5 Å². The molecule has 1 aromatic heterocycles. The van der Waals surface area contributed by atoms with E-state index in [0.29, 0.717) is 17.3 Å². The number of carbonyl (C=O) groups excluding carboxylic acids is 1. The van der Waals surface area contributed by atoms with Crippen LogP contribution < -0.4 is 9.46 Å². The Kier molecular flexibility index (Phi) is 4.62. The number of nitrogens with one attached hydrogen (secondary N) is 1. The van der Waals surface area contributed by atoms with E-state index in [0.717, 1.165) is 6.26 Å². The number of nitrogens with zero attached hydrogens (tertiary/aromatic N) is 2. The Morgan fingerprint density at radius 2 is 1.91 bits per heavy atom. The molecule has 2 aromatic rings. The Bertz CT molecular complexity index is 807. The molecule has 2 rings (SSSR count). The fraction of sp³-hybridized carbons (Fsp3) is 0.154. The Balaban J connectivity index is 2.19. The molecule has 0 atom stereocenters. The Morgan fingerprint density at radius 1 is 1.27 bits per heavy atom. The van der Waals surface area contributed by atoms with Gasteiger partial charge in [0.15, 0.2) is 5.75 Å². The van der Waals surface area contributed by atoms with Gasteiger partial charge in [-0.1, -0.05) is 11.6 Å². The van der Waals surface area contributed by atoms with E-state index in [1.807, 2.05) is 4.72 Å². The van der Waals surface area contributed by atoms with Crippen LogP contribution in [-0.2, 0) is 10.0 Å². The zero-order valence-corrected chi connectivity index (χ0v) is 13.3. The molecule has 0 unspecified atom stereocenters. The molecular formula is C13H12ClN3O4S. The van der Waals surface area contributed by atoms with Crippen molar-refractivity contribution in [1.82, 2.24) is 14.7 Å². The zero-order chi connectivity index (χ0) is 16.3. The summed E-state index contributed by atoms with van der Waals surface area (Å²) in [6, 6.07) is 4.17. The third kappa shape index (κ3) is 4.40. The van der Waals surface area contributed by atoms with E-state index in [9.17, 15) is 13.2 Å². The number of halogens is 1. The lowest BCUT2D eigenvalue weighted by molar-refractivity contribution is 0.0981. The molecule has 9 heteroatoms. The van der Waals surface area contributed by atoms with E-state index in [2.05, 4.69) is 9.97 Å². The van der Waals surface area contributed by atoms with Crippen LogP contribution in [0.15, 0.2) is 30.6 Å².